The third-order valence-electron chi connectivity index (χ3n) is 3.45. The zero-order chi connectivity index (χ0) is 15.1. The van der Waals surface area contributed by atoms with E-state index in [4.69, 9.17) is 4.74 Å². The average Bonchev–Trinajstić information content (AvgIpc) is 2.39. The van der Waals surface area contributed by atoms with Crippen molar-refractivity contribution in [1.82, 2.24) is 0 Å². The van der Waals surface area contributed by atoms with E-state index in [9.17, 15) is 9.59 Å². The number of hydrogen-bond acceptors (Lipinski definition) is 3. The molecule has 2 unspecified atom stereocenters. The Morgan fingerprint density at radius 1 is 1.05 bits per heavy atom. The molecule has 0 fully saturated rings. The quantitative estimate of drug-likeness (QED) is 0.710. The van der Waals surface area contributed by atoms with Crippen molar-refractivity contribution in [3.05, 3.63) is 35.9 Å². The molecular formula is C17H24O3. The minimum absolute atomic E-state index is 0.0824. The van der Waals surface area contributed by atoms with Crippen molar-refractivity contribution in [3.63, 3.8) is 0 Å². The first kappa shape index (κ1) is 16.4. The number of rotatable bonds is 7. The van der Waals surface area contributed by atoms with Crippen LogP contribution in [0.25, 0.3) is 0 Å². The first-order valence-electron chi connectivity index (χ1n) is 7.18. The molecule has 0 radical (unpaired) electrons. The smallest absolute Gasteiger partial charge is 0.338 e. The third kappa shape index (κ3) is 5.16. The van der Waals surface area contributed by atoms with E-state index in [-0.39, 0.29) is 23.8 Å². The van der Waals surface area contributed by atoms with Crippen LogP contribution in [0.5, 0.6) is 0 Å². The molecule has 0 heterocycles. The number of carbonyl (C=O) groups excluding carboxylic acids is 2. The Hall–Kier alpha value is -1.64. The van der Waals surface area contributed by atoms with E-state index in [1.54, 1.807) is 38.1 Å². The minimum atomic E-state index is -0.390. The first-order chi connectivity index (χ1) is 9.41. The van der Waals surface area contributed by atoms with Crippen LogP contribution in [0.2, 0.25) is 0 Å². The lowest BCUT2D eigenvalue weighted by Crippen LogP contribution is -2.29. The second kappa shape index (κ2) is 7.83. The molecule has 20 heavy (non-hydrogen) atoms. The van der Waals surface area contributed by atoms with Gasteiger partial charge in [0.15, 0.2) is 0 Å². The van der Waals surface area contributed by atoms with Crippen LogP contribution in [0.4, 0.5) is 0 Å². The highest BCUT2D eigenvalue weighted by molar-refractivity contribution is 5.89. The molecule has 3 nitrogen and oxygen atoms in total. The molecule has 110 valence electrons. The second-order valence-corrected chi connectivity index (χ2v) is 5.66. The van der Waals surface area contributed by atoms with E-state index in [2.05, 4.69) is 13.8 Å². The molecule has 0 aromatic heterocycles. The summed E-state index contributed by atoms with van der Waals surface area (Å²) in [7, 11) is 0. The standard InChI is InChI=1S/C17H24O3/c1-12(2)10-11-16(13(3)18)14(4)20-17(19)15-8-6-5-7-9-15/h5-9,12,14,16H,10-11H2,1-4H3. The van der Waals surface area contributed by atoms with Crippen molar-refractivity contribution >= 4 is 11.8 Å². The SMILES string of the molecule is CC(=O)C(CCC(C)C)C(C)OC(=O)c1ccccc1. The van der Waals surface area contributed by atoms with Gasteiger partial charge in [-0.15, -0.1) is 0 Å². The number of ketones is 1. The molecular weight excluding hydrogens is 252 g/mol. The van der Waals surface area contributed by atoms with Crippen molar-refractivity contribution in [2.75, 3.05) is 0 Å². The molecule has 0 saturated heterocycles. The van der Waals surface area contributed by atoms with Gasteiger partial charge in [0, 0.05) is 0 Å². The lowest BCUT2D eigenvalue weighted by molar-refractivity contribution is -0.124. The van der Waals surface area contributed by atoms with Gasteiger partial charge in [-0.05, 0) is 38.3 Å². The summed E-state index contributed by atoms with van der Waals surface area (Å²) in [5.41, 5.74) is 0.519. The molecule has 1 rings (SSSR count). The summed E-state index contributed by atoms with van der Waals surface area (Å²) in [5, 5.41) is 0. The molecule has 0 amide bonds. The molecule has 3 heteroatoms. The van der Waals surface area contributed by atoms with Crippen LogP contribution in [-0.2, 0) is 9.53 Å². The van der Waals surface area contributed by atoms with Crippen molar-refractivity contribution in [3.8, 4) is 0 Å². The fourth-order valence-corrected chi connectivity index (χ4v) is 2.17. The van der Waals surface area contributed by atoms with Gasteiger partial charge in [-0.1, -0.05) is 38.5 Å². The Morgan fingerprint density at radius 2 is 1.65 bits per heavy atom. The number of ether oxygens (including phenoxy) is 1. The van der Waals surface area contributed by atoms with Crippen molar-refractivity contribution in [1.29, 1.82) is 0 Å². The van der Waals surface area contributed by atoms with Crippen LogP contribution in [0, 0.1) is 11.8 Å². The van der Waals surface area contributed by atoms with E-state index in [1.165, 1.54) is 0 Å². The van der Waals surface area contributed by atoms with Gasteiger partial charge in [0.25, 0.3) is 0 Å². The van der Waals surface area contributed by atoms with Crippen LogP contribution < -0.4 is 0 Å². The van der Waals surface area contributed by atoms with Crippen LogP contribution >= 0.6 is 0 Å². The maximum Gasteiger partial charge on any atom is 0.338 e. The Morgan fingerprint density at radius 3 is 2.15 bits per heavy atom. The second-order valence-electron chi connectivity index (χ2n) is 5.66. The highest BCUT2D eigenvalue weighted by Gasteiger charge is 2.25. The highest BCUT2D eigenvalue weighted by Crippen LogP contribution is 2.20. The summed E-state index contributed by atoms with van der Waals surface area (Å²) in [4.78, 5) is 23.7. The van der Waals surface area contributed by atoms with E-state index < -0.39 is 0 Å². The van der Waals surface area contributed by atoms with Gasteiger partial charge in [-0.2, -0.15) is 0 Å². The molecule has 0 aliphatic heterocycles. The maximum atomic E-state index is 12.0. The van der Waals surface area contributed by atoms with Crippen LogP contribution in [0.1, 0.15) is 50.9 Å². The Kier molecular flexibility index (Phi) is 6.43. The van der Waals surface area contributed by atoms with E-state index in [0.717, 1.165) is 12.8 Å². The van der Waals surface area contributed by atoms with Gasteiger partial charge in [-0.25, -0.2) is 4.79 Å². The Bertz CT molecular complexity index is 437. The predicted molar refractivity (Wildman–Crippen MR) is 79.6 cm³/mol. The summed E-state index contributed by atoms with van der Waals surface area (Å²) in [6, 6.07) is 8.87. The summed E-state index contributed by atoms with van der Waals surface area (Å²) in [6.07, 6.45) is 1.33. The van der Waals surface area contributed by atoms with Gasteiger partial charge in [-0.3, -0.25) is 4.79 Å². The van der Waals surface area contributed by atoms with Crippen molar-refractivity contribution in [2.45, 2.75) is 46.6 Å². The fourth-order valence-electron chi connectivity index (χ4n) is 2.17. The Labute approximate surface area is 121 Å². The zero-order valence-electron chi connectivity index (χ0n) is 12.8. The third-order valence-corrected chi connectivity index (χ3v) is 3.45. The van der Waals surface area contributed by atoms with Gasteiger partial charge >= 0.3 is 5.97 Å². The summed E-state index contributed by atoms with van der Waals surface area (Å²) < 4.78 is 5.43. The van der Waals surface area contributed by atoms with E-state index in [0.29, 0.717) is 11.5 Å². The highest BCUT2D eigenvalue weighted by atomic mass is 16.5. The van der Waals surface area contributed by atoms with E-state index in [1.807, 2.05) is 6.07 Å². The number of carbonyl (C=O) groups is 2. The summed E-state index contributed by atoms with van der Waals surface area (Å²) >= 11 is 0. The normalized spacial score (nSPS) is 13.8. The number of esters is 1. The molecule has 0 N–H and O–H groups in total. The number of benzene rings is 1. The molecule has 0 saturated carbocycles. The first-order valence-corrected chi connectivity index (χ1v) is 7.18. The molecule has 2 atom stereocenters. The lowest BCUT2D eigenvalue weighted by Gasteiger charge is -2.22. The Balaban J connectivity index is 2.64. The average molecular weight is 276 g/mol. The van der Waals surface area contributed by atoms with E-state index >= 15 is 0 Å². The monoisotopic (exact) mass is 276 g/mol. The molecule has 0 spiro atoms. The van der Waals surface area contributed by atoms with Gasteiger partial charge in [0.2, 0.25) is 0 Å². The number of Topliss-reactive ketones (excluding diaryl/α,β-unsaturated/α-hetero) is 1. The molecule has 1 aromatic carbocycles. The van der Waals surface area contributed by atoms with Crippen molar-refractivity contribution < 1.29 is 14.3 Å². The molecule has 1 aromatic rings. The summed E-state index contributed by atoms with van der Waals surface area (Å²) in [5.74, 6) is 0.0341. The topological polar surface area (TPSA) is 43.4 Å². The largest absolute Gasteiger partial charge is 0.458 e. The molecule has 0 aliphatic rings. The molecule has 0 aliphatic carbocycles. The molecule has 0 bridgehead atoms. The summed E-state index contributed by atoms with van der Waals surface area (Å²) in [6.45, 7) is 7.61. The van der Waals surface area contributed by atoms with Crippen LogP contribution in [0.15, 0.2) is 30.3 Å². The minimum Gasteiger partial charge on any atom is -0.458 e. The van der Waals surface area contributed by atoms with Crippen LogP contribution in [0.3, 0.4) is 0 Å². The van der Waals surface area contributed by atoms with Crippen LogP contribution in [-0.4, -0.2) is 17.9 Å². The number of hydrogen-bond donors (Lipinski definition) is 0. The van der Waals surface area contributed by atoms with Gasteiger partial charge in [0.05, 0.1) is 11.5 Å². The zero-order valence-corrected chi connectivity index (χ0v) is 12.8. The van der Waals surface area contributed by atoms with Crippen molar-refractivity contribution in [2.24, 2.45) is 11.8 Å². The predicted octanol–water partition coefficient (Wildman–Crippen LogP) is 3.87. The van der Waals surface area contributed by atoms with Gasteiger partial charge < -0.3 is 4.74 Å². The van der Waals surface area contributed by atoms with Gasteiger partial charge in [0.1, 0.15) is 11.9 Å². The fraction of sp³-hybridized carbons (Fsp3) is 0.529. The maximum absolute atomic E-state index is 12.0. The lowest BCUT2D eigenvalue weighted by atomic mass is 9.91.